The van der Waals surface area contributed by atoms with E-state index in [0.29, 0.717) is 49.9 Å². The highest BCUT2D eigenvalue weighted by atomic mass is 19.3. The van der Waals surface area contributed by atoms with Gasteiger partial charge in [0.25, 0.3) is 0 Å². The van der Waals surface area contributed by atoms with E-state index in [1.165, 1.54) is 0 Å². The molecular formula is C19H27F2N3O2. The highest BCUT2D eigenvalue weighted by Crippen LogP contribution is 2.34. The van der Waals surface area contributed by atoms with Gasteiger partial charge in [0.2, 0.25) is 5.92 Å². The lowest BCUT2D eigenvalue weighted by atomic mass is 9.92. The summed E-state index contributed by atoms with van der Waals surface area (Å²) in [6.45, 7) is 9.35. The number of halogens is 2. The third-order valence-electron chi connectivity index (χ3n) is 4.86. The Labute approximate surface area is 153 Å². The summed E-state index contributed by atoms with van der Waals surface area (Å²) in [4.78, 5) is 6.83. The number of rotatable bonds is 6. The van der Waals surface area contributed by atoms with Crippen LogP contribution >= 0.6 is 0 Å². The molecule has 1 saturated carbocycles. The van der Waals surface area contributed by atoms with Crippen LogP contribution in [0, 0.1) is 0 Å². The fourth-order valence-corrected chi connectivity index (χ4v) is 3.38. The van der Waals surface area contributed by atoms with Crippen LogP contribution in [-0.4, -0.2) is 49.9 Å². The fourth-order valence-electron chi connectivity index (χ4n) is 3.38. The van der Waals surface area contributed by atoms with Crippen molar-refractivity contribution in [1.82, 2.24) is 4.98 Å². The molecule has 0 amide bonds. The van der Waals surface area contributed by atoms with Crippen molar-refractivity contribution in [3.8, 4) is 0 Å². The molecule has 0 spiro atoms. The molecule has 5 nitrogen and oxygen atoms in total. The van der Waals surface area contributed by atoms with Gasteiger partial charge in [0.05, 0.1) is 19.8 Å². The Kier molecular flexibility index (Phi) is 5.96. The van der Waals surface area contributed by atoms with Crippen molar-refractivity contribution >= 4 is 17.3 Å². The van der Waals surface area contributed by atoms with Gasteiger partial charge < -0.3 is 19.7 Å². The Morgan fingerprint density at radius 3 is 2.69 bits per heavy atom. The van der Waals surface area contributed by atoms with E-state index in [9.17, 15) is 8.78 Å². The summed E-state index contributed by atoms with van der Waals surface area (Å²) in [7, 11) is 0. The van der Waals surface area contributed by atoms with Crippen molar-refractivity contribution in [2.45, 2.75) is 44.6 Å². The third kappa shape index (κ3) is 4.84. The molecule has 1 aromatic rings. The molecule has 1 aliphatic heterocycles. The first kappa shape index (κ1) is 18.9. The standard InChI is InChI=1S/C19H27F2N3O2/c1-3-26-14(2)17-12-16(24-8-10-25-11-9-24)13-18(23-17)22-15-4-6-19(20,21)7-5-15/h12-13,15H,2-11H2,1H3,(H,22,23). The minimum atomic E-state index is -2.53. The molecule has 0 atom stereocenters. The van der Waals surface area contributed by atoms with Gasteiger partial charge >= 0.3 is 0 Å². The molecule has 0 bridgehead atoms. The number of morpholine rings is 1. The number of alkyl halides is 2. The zero-order valence-corrected chi connectivity index (χ0v) is 15.3. The van der Waals surface area contributed by atoms with Crippen molar-refractivity contribution in [3.63, 3.8) is 0 Å². The summed E-state index contributed by atoms with van der Waals surface area (Å²) in [6, 6.07) is 3.94. The highest BCUT2D eigenvalue weighted by molar-refractivity contribution is 5.65. The van der Waals surface area contributed by atoms with Gasteiger partial charge in [0.15, 0.2) is 0 Å². The number of nitrogens with zero attached hydrogens (tertiary/aromatic N) is 2. The molecule has 2 heterocycles. The Bertz CT molecular complexity index is 623. The minimum absolute atomic E-state index is 0.00951. The van der Waals surface area contributed by atoms with E-state index in [0.717, 1.165) is 18.8 Å². The molecule has 144 valence electrons. The van der Waals surface area contributed by atoms with E-state index in [1.54, 1.807) is 0 Å². The lowest BCUT2D eigenvalue weighted by Crippen LogP contribution is -2.36. The van der Waals surface area contributed by atoms with Crippen molar-refractivity contribution in [3.05, 3.63) is 24.4 Å². The van der Waals surface area contributed by atoms with Gasteiger partial charge in [-0.15, -0.1) is 0 Å². The van der Waals surface area contributed by atoms with Crippen LogP contribution in [0.2, 0.25) is 0 Å². The van der Waals surface area contributed by atoms with E-state index in [2.05, 4.69) is 21.8 Å². The van der Waals surface area contributed by atoms with Crippen LogP contribution in [-0.2, 0) is 9.47 Å². The Hall–Kier alpha value is -1.89. The largest absolute Gasteiger partial charge is 0.492 e. The first-order chi connectivity index (χ1) is 12.5. The minimum Gasteiger partial charge on any atom is -0.492 e. The maximum Gasteiger partial charge on any atom is 0.248 e. The SMILES string of the molecule is C=C(OCC)c1cc(N2CCOCC2)cc(NC2CCC(F)(F)CC2)n1. The van der Waals surface area contributed by atoms with E-state index < -0.39 is 5.92 Å². The van der Waals surface area contributed by atoms with Gasteiger partial charge in [-0.05, 0) is 25.8 Å². The molecular weight excluding hydrogens is 340 g/mol. The molecule has 2 aliphatic rings. The van der Waals surface area contributed by atoms with E-state index in [1.807, 2.05) is 19.1 Å². The zero-order chi connectivity index (χ0) is 18.6. The average molecular weight is 367 g/mol. The molecule has 1 aromatic heterocycles. The summed E-state index contributed by atoms with van der Waals surface area (Å²) >= 11 is 0. The van der Waals surface area contributed by atoms with Gasteiger partial charge in [-0.2, -0.15) is 0 Å². The molecule has 0 aromatic carbocycles. The summed E-state index contributed by atoms with van der Waals surface area (Å²) < 4.78 is 37.7. The third-order valence-corrected chi connectivity index (χ3v) is 4.86. The van der Waals surface area contributed by atoms with Gasteiger partial charge in [0, 0.05) is 43.7 Å². The van der Waals surface area contributed by atoms with Crippen LogP contribution in [0.15, 0.2) is 18.7 Å². The Morgan fingerprint density at radius 1 is 1.35 bits per heavy atom. The predicted octanol–water partition coefficient (Wildman–Crippen LogP) is 3.92. The molecule has 3 rings (SSSR count). The fraction of sp³-hybridized carbons (Fsp3) is 0.632. The molecule has 1 saturated heterocycles. The van der Waals surface area contributed by atoms with Gasteiger partial charge in [-0.1, -0.05) is 6.58 Å². The lowest BCUT2D eigenvalue weighted by molar-refractivity contribution is -0.0361. The summed E-state index contributed by atoms with van der Waals surface area (Å²) in [6.07, 6.45) is 0.731. The predicted molar refractivity (Wildman–Crippen MR) is 98.8 cm³/mol. The van der Waals surface area contributed by atoms with Crippen molar-refractivity contribution in [2.24, 2.45) is 0 Å². The summed E-state index contributed by atoms with van der Waals surface area (Å²) in [5, 5.41) is 3.34. The quantitative estimate of drug-likeness (QED) is 0.773. The van der Waals surface area contributed by atoms with E-state index in [-0.39, 0.29) is 18.9 Å². The number of anilines is 2. The van der Waals surface area contributed by atoms with Gasteiger partial charge in [-0.25, -0.2) is 13.8 Å². The Balaban J connectivity index is 1.78. The molecule has 1 N–H and O–H groups in total. The maximum atomic E-state index is 13.4. The van der Waals surface area contributed by atoms with Crippen LogP contribution in [0.3, 0.4) is 0 Å². The summed E-state index contributed by atoms with van der Waals surface area (Å²) in [5.74, 6) is -1.34. The van der Waals surface area contributed by atoms with E-state index in [4.69, 9.17) is 9.47 Å². The molecule has 26 heavy (non-hydrogen) atoms. The number of aromatic nitrogens is 1. The van der Waals surface area contributed by atoms with Crippen molar-refractivity contribution < 1.29 is 18.3 Å². The number of ether oxygens (including phenoxy) is 2. The van der Waals surface area contributed by atoms with Crippen molar-refractivity contribution in [2.75, 3.05) is 43.1 Å². The van der Waals surface area contributed by atoms with Gasteiger partial charge in [-0.3, -0.25) is 0 Å². The molecule has 1 aliphatic carbocycles. The number of nitrogens with one attached hydrogen (secondary N) is 1. The number of hydrogen-bond acceptors (Lipinski definition) is 5. The second-order valence-electron chi connectivity index (χ2n) is 6.83. The summed E-state index contributed by atoms with van der Waals surface area (Å²) in [5.41, 5.74) is 1.68. The molecule has 7 heteroatoms. The average Bonchev–Trinajstić information content (AvgIpc) is 2.64. The zero-order valence-electron chi connectivity index (χ0n) is 15.3. The first-order valence-electron chi connectivity index (χ1n) is 9.28. The van der Waals surface area contributed by atoms with Crippen LogP contribution in [0.25, 0.3) is 5.76 Å². The Morgan fingerprint density at radius 2 is 2.04 bits per heavy atom. The molecule has 0 radical (unpaired) electrons. The van der Waals surface area contributed by atoms with E-state index >= 15 is 0 Å². The topological polar surface area (TPSA) is 46.6 Å². The smallest absolute Gasteiger partial charge is 0.248 e. The first-order valence-corrected chi connectivity index (χ1v) is 9.28. The number of hydrogen-bond donors (Lipinski definition) is 1. The van der Waals surface area contributed by atoms with Crippen molar-refractivity contribution in [1.29, 1.82) is 0 Å². The second-order valence-corrected chi connectivity index (χ2v) is 6.83. The highest BCUT2D eigenvalue weighted by Gasteiger charge is 2.35. The van der Waals surface area contributed by atoms with Crippen LogP contribution in [0.1, 0.15) is 38.3 Å². The second kappa shape index (κ2) is 8.20. The number of pyridine rings is 1. The normalized spacial score (nSPS) is 20.7. The van der Waals surface area contributed by atoms with Crippen LogP contribution in [0.5, 0.6) is 0 Å². The molecule has 0 unspecified atom stereocenters. The maximum absolute atomic E-state index is 13.4. The molecule has 2 fully saturated rings. The van der Waals surface area contributed by atoms with Gasteiger partial charge in [0.1, 0.15) is 17.3 Å². The van der Waals surface area contributed by atoms with Crippen LogP contribution < -0.4 is 10.2 Å². The van der Waals surface area contributed by atoms with Crippen LogP contribution in [0.4, 0.5) is 20.3 Å². The monoisotopic (exact) mass is 367 g/mol. The lowest BCUT2D eigenvalue weighted by Gasteiger charge is -2.31.